The van der Waals surface area contributed by atoms with Crippen LogP contribution in [-0.4, -0.2) is 21.0 Å². The minimum absolute atomic E-state index is 0.0201. The lowest BCUT2D eigenvalue weighted by atomic mass is 9.74. The van der Waals surface area contributed by atoms with Gasteiger partial charge in [0, 0.05) is 24.1 Å². The molecular formula is C25H20F4N4O. The molecule has 0 saturated carbocycles. The molecule has 174 valence electrons. The van der Waals surface area contributed by atoms with Crippen molar-refractivity contribution in [2.45, 2.75) is 50.3 Å². The highest BCUT2D eigenvalue weighted by molar-refractivity contribution is 5.74. The summed E-state index contributed by atoms with van der Waals surface area (Å²) in [5.41, 5.74) is 8.05. The zero-order valence-electron chi connectivity index (χ0n) is 18.1. The van der Waals surface area contributed by atoms with Gasteiger partial charge in [-0.1, -0.05) is 12.1 Å². The zero-order valence-corrected chi connectivity index (χ0v) is 18.1. The van der Waals surface area contributed by atoms with Crippen LogP contribution in [0.1, 0.15) is 70.1 Å². The van der Waals surface area contributed by atoms with E-state index in [2.05, 4.69) is 9.97 Å². The summed E-state index contributed by atoms with van der Waals surface area (Å²) in [5.74, 6) is -4.70. The van der Waals surface area contributed by atoms with Crippen LogP contribution in [0, 0.1) is 24.1 Å². The van der Waals surface area contributed by atoms with Gasteiger partial charge in [-0.25, -0.2) is 27.5 Å². The van der Waals surface area contributed by atoms with Crippen molar-refractivity contribution >= 4 is 5.95 Å². The average Bonchev–Trinajstić information content (AvgIpc) is 3.03. The van der Waals surface area contributed by atoms with E-state index >= 15 is 0 Å². The number of nitriles is 1. The Bertz CT molecular complexity index is 1370. The van der Waals surface area contributed by atoms with Crippen molar-refractivity contribution in [1.29, 1.82) is 5.26 Å². The number of benzene rings is 2. The fraction of sp³-hybridized carbons (Fsp3) is 0.320. The van der Waals surface area contributed by atoms with Crippen molar-refractivity contribution in [3.8, 4) is 17.2 Å². The van der Waals surface area contributed by atoms with Crippen LogP contribution in [0.2, 0.25) is 0 Å². The number of alkyl halides is 3. The molecule has 2 aliphatic rings. The van der Waals surface area contributed by atoms with E-state index in [1.54, 1.807) is 19.1 Å². The number of anilines is 1. The Hall–Kier alpha value is -3.51. The largest absolute Gasteiger partial charge is 0.382 e. The van der Waals surface area contributed by atoms with Gasteiger partial charge in [-0.15, -0.1) is 0 Å². The van der Waals surface area contributed by atoms with Gasteiger partial charge >= 0.3 is 0 Å². The smallest absolute Gasteiger partial charge is 0.281 e. The maximum atomic E-state index is 14.8. The van der Waals surface area contributed by atoms with Crippen LogP contribution in [0.5, 0.6) is 0 Å². The molecule has 9 heteroatoms. The fourth-order valence-corrected chi connectivity index (χ4v) is 5.35. The number of nitrogens with two attached hydrogens (primary N) is 1. The molecule has 3 atom stereocenters. The monoisotopic (exact) mass is 468 g/mol. The first-order valence-corrected chi connectivity index (χ1v) is 10.8. The van der Waals surface area contributed by atoms with Crippen molar-refractivity contribution < 1.29 is 22.7 Å². The molecule has 0 bridgehead atoms. The maximum absolute atomic E-state index is 14.8. The Kier molecular flexibility index (Phi) is 5.10. The highest BCUT2D eigenvalue weighted by Gasteiger charge is 2.50. The third kappa shape index (κ3) is 3.32. The molecule has 5 rings (SSSR count). The normalized spacial score (nSPS) is 22.7. The molecule has 2 aromatic carbocycles. The Morgan fingerprint density at radius 2 is 1.91 bits per heavy atom. The lowest BCUT2D eigenvalue weighted by Crippen LogP contribution is -2.22. The minimum Gasteiger partial charge on any atom is -0.382 e. The highest BCUT2D eigenvalue weighted by atomic mass is 19.3. The van der Waals surface area contributed by atoms with E-state index < -0.39 is 36.4 Å². The average molecular weight is 468 g/mol. The van der Waals surface area contributed by atoms with E-state index in [0.717, 1.165) is 12.1 Å². The molecule has 3 aromatic rings. The summed E-state index contributed by atoms with van der Waals surface area (Å²) in [6, 6.07) is 7.31. The van der Waals surface area contributed by atoms with Gasteiger partial charge in [-0.3, -0.25) is 0 Å². The summed E-state index contributed by atoms with van der Waals surface area (Å²) >= 11 is 0. The quantitative estimate of drug-likeness (QED) is 0.504. The number of halogens is 4. The summed E-state index contributed by atoms with van der Waals surface area (Å²) < 4.78 is 58.4. The van der Waals surface area contributed by atoms with Crippen LogP contribution >= 0.6 is 0 Å². The fourth-order valence-electron chi connectivity index (χ4n) is 5.35. The van der Waals surface area contributed by atoms with Gasteiger partial charge in [-0.05, 0) is 65.3 Å². The third-order valence-corrected chi connectivity index (χ3v) is 6.83. The second kappa shape index (κ2) is 7.77. The SMILES string of the molecule is Cc1nc(N)ncc1-c1ccc([C@H]2CC[C@H](F)c3cc(F)cc(C#N)c32)c2c1[C@H](O)C(F)(F)C2. The summed E-state index contributed by atoms with van der Waals surface area (Å²) in [5, 5.41) is 20.2. The van der Waals surface area contributed by atoms with Crippen molar-refractivity contribution in [3.63, 3.8) is 0 Å². The van der Waals surface area contributed by atoms with Crippen LogP contribution in [0.25, 0.3) is 11.1 Å². The molecule has 2 aliphatic carbocycles. The maximum Gasteiger partial charge on any atom is 0.281 e. The van der Waals surface area contributed by atoms with E-state index in [4.69, 9.17) is 5.73 Å². The van der Waals surface area contributed by atoms with Crippen LogP contribution in [0.4, 0.5) is 23.5 Å². The van der Waals surface area contributed by atoms with Gasteiger partial charge in [0.05, 0.1) is 17.3 Å². The highest BCUT2D eigenvalue weighted by Crippen LogP contribution is 2.53. The number of hydrogen-bond acceptors (Lipinski definition) is 5. The Morgan fingerprint density at radius 1 is 1.15 bits per heavy atom. The first kappa shape index (κ1) is 22.3. The number of hydrogen-bond donors (Lipinski definition) is 2. The molecule has 0 fully saturated rings. The zero-order chi connectivity index (χ0) is 24.4. The number of nitrogen functional groups attached to an aromatic ring is 1. The summed E-state index contributed by atoms with van der Waals surface area (Å²) in [6.07, 6.45) is -2.48. The van der Waals surface area contributed by atoms with Crippen LogP contribution < -0.4 is 5.73 Å². The molecule has 0 aliphatic heterocycles. The second-order valence-corrected chi connectivity index (χ2v) is 8.83. The van der Waals surface area contributed by atoms with Gasteiger partial charge < -0.3 is 10.8 Å². The van der Waals surface area contributed by atoms with Gasteiger partial charge in [-0.2, -0.15) is 5.26 Å². The van der Waals surface area contributed by atoms with Crippen LogP contribution in [0.3, 0.4) is 0 Å². The van der Waals surface area contributed by atoms with E-state index in [1.807, 2.05) is 6.07 Å². The number of rotatable bonds is 2. The van der Waals surface area contributed by atoms with Gasteiger partial charge in [0.1, 0.15) is 18.1 Å². The molecular weight excluding hydrogens is 448 g/mol. The summed E-state index contributed by atoms with van der Waals surface area (Å²) in [6.45, 7) is 1.67. The second-order valence-electron chi connectivity index (χ2n) is 8.83. The number of aromatic nitrogens is 2. The van der Waals surface area contributed by atoms with Crippen molar-refractivity contribution in [1.82, 2.24) is 9.97 Å². The van der Waals surface area contributed by atoms with Crippen LogP contribution in [-0.2, 0) is 6.42 Å². The first-order chi connectivity index (χ1) is 16.1. The first-order valence-electron chi connectivity index (χ1n) is 10.8. The molecule has 0 spiro atoms. The van der Waals surface area contributed by atoms with E-state index in [9.17, 15) is 27.9 Å². The minimum atomic E-state index is -3.42. The van der Waals surface area contributed by atoms with Gasteiger partial charge in [0.15, 0.2) is 0 Å². The predicted molar refractivity (Wildman–Crippen MR) is 116 cm³/mol. The molecule has 0 unspecified atom stereocenters. The van der Waals surface area contributed by atoms with E-state index in [1.165, 1.54) is 6.20 Å². The number of aliphatic hydroxyl groups is 1. The number of aryl methyl sites for hydroxylation is 1. The standard InChI is InChI=1S/C25H20F4N4O/c1-11-19(10-32-24(31)33-11)16-3-2-14(18-8-25(28,29)23(34)22(16)18)15-4-5-20(27)17-7-13(26)6-12(9-30)21(15)17/h2-3,6-7,10,15,20,23,34H,4-5,8H2,1H3,(H2,31,32,33)/t15-,20+,23+/m1/s1. The molecule has 0 radical (unpaired) electrons. The number of fused-ring (bicyclic) bond motifs is 2. The molecule has 1 heterocycles. The van der Waals surface area contributed by atoms with Gasteiger partial charge in [0.2, 0.25) is 5.95 Å². The Balaban J connectivity index is 1.75. The molecule has 1 aromatic heterocycles. The van der Waals surface area contributed by atoms with Crippen LogP contribution in [0.15, 0.2) is 30.5 Å². The predicted octanol–water partition coefficient (Wildman–Crippen LogP) is 5.21. The van der Waals surface area contributed by atoms with Gasteiger partial charge in [0.25, 0.3) is 5.92 Å². The third-order valence-electron chi connectivity index (χ3n) is 6.83. The van der Waals surface area contributed by atoms with Crippen molar-refractivity contribution in [3.05, 3.63) is 75.4 Å². The van der Waals surface area contributed by atoms with Crippen molar-refractivity contribution in [2.75, 3.05) is 5.73 Å². The summed E-state index contributed by atoms with van der Waals surface area (Å²) in [7, 11) is 0. The summed E-state index contributed by atoms with van der Waals surface area (Å²) in [4.78, 5) is 8.07. The molecule has 3 N–H and O–H groups in total. The lowest BCUT2D eigenvalue weighted by Gasteiger charge is -2.31. The van der Waals surface area contributed by atoms with E-state index in [-0.39, 0.29) is 41.0 Å². The molecule has 0 saturated heterocycles. The Morgan fingerprint density at radius 3 is 2.62 bits per heavy atom. The lowest BCUT2D eigenvalue weighted by molar-refractivity contribution is -0.0966. The Labute approximate surface area is 192 Å². The number of nitrogens with zero attached hydrogens (tertiary/aromatic N) is 3. The molecule has 34 heavy (non-hydrogen) atoms. The molecule has 0 amide bonds. The number of aliphatic hydroxyl groups excluding tert-OH is 1. The van der Waals surface area contributed by atoms with E-state index in [0.29, 0.717) is 27.9 Å². The van der Waals surface area contributed by atoms with Crippen molar-refractivity contribution in [2.24, 2.45) is 0 Å². The topological polar surface area (TPSA) is 95.8 Å². The molecule has 5 nitrogen and oxygen atoms in total.